The van der Waals surface area contributed by atoms with Gasteiger partial charge in [-0.3, -0.25) is 0 Å². The van der Waals surface area contributed by atoms with Crippen LogP contribution in [0, 0.1) is 47.5 Å². The van der Waals surface area contributed by atoms with Crippen molar-refractivity contribution < 1.29 is 14.2 Å². The topological polar surface area (TPSA) is 27.7 Å². The van der Waals surface area contributed by atoms with Crippen molar-refractivity contribution in [2.45, 2.75) is 69.2 Å². The summed E-state index contributed by atoms with van der Waals surface area (Å²) in [4.78, 5) is 0. The summed E-state index contributed by atoms with van der Waals surface area (Å²) >= 11 is 0. The van der Waals surface area contributed by atoms with Gasteiger partial charge in [-0.1, -0.05) is 41.5 Å². The van der Waals surface area contributed by atoms with Gasteiger partial charge in [-0.2, -0.15) is 0 Å². The molecule has 4 rings (SSSR count). The van der Waals surface area contributed by atoms with Crippen LogP contribution in [0.1, 0.15) is 61.1 Å². The van der Waals surface area contributed by atoms with Crippen LogP contribution in [0.25, 0.3) is 0 Å². The second-order valence-electron chi connectivity index (χ2n) is 11.7. The lowest BCUT2D eigenvalue weighted by Crippen LogP contribution is -2.71. The molecule has 0 aromatic heterocycles. The maximum atomic E-state index is 5.82. The quantitative estimate of drug-likeness (QED) is 0.236. The van der Waals surface area contributed by atoms with Crippen molar-refractivity contribution in [2.75, 3.05) is 21.3 Å². The molecule has 0 radical (unpaired) electrons. The molecule has 3 aromatic rings. The second-order valence-corrected chi connectivity index (χ2v) is 15.4. The molecule has 1 aliphatic carbocycles. The van der Waals surface area contributed by atoms with Crippen LogP contribution in [-0.2, 0) is 0 Å². The summed E-state index contributed by atoms with van der Waals surface area (Å²) in [5, 5.41) is 5.86. The van der Waals surface area contributed by atoms with Gasteiger partial charge < -0.3 is 14.2 Å². The Morgan fingerprint density at radius 1 is 0.475 bits per heavy atom. The first-order valence-electron chi connectivity index (χ1n) is 14.2. The average Bonchev–Trinajstić information content (AvgIpc) is 3.11. The molecule has 4 heteroatoms. The highest BCUT2D eigenvalue weighted by molar-refractivity contribution is 7.17. The standard InChI is InChI=1S/C36H46O3Si/c1-20-17-33(23(4)14-30(20)37-11)40(36-28(9)26(7)27(8)29(36)10,34-18-21(2)31(38-12)15-24(34)5)35-19-22(3)32(39-13)16-25(35)6/h14-19,28H,1-13H3. The van der Waals surface area contributed by atoms with Gasteiger partial charge in [0.15, 0.2) is 8.07 Å². The molecule has 0 saturated heterocycles. The highest BCUT2D eigenvalue weighted by Crippen LogP contribution is 2.43. The van der Waals surface area contributed by atoms with Crippen molar-refractivity contribution in [3.8, 4) is 17.2 Å². The third-order valence-electron chi connectivity index (χ3n) is 9.48. The van der Waals surface area contributed by atoms with Gasteiger partial charge in [0, 0.05) is 0 Å². The van der Waals surface area contributed by atoms with E-state index in [-0.39, 0.29) is 0 Å². The molecule has 3 aromatic carbocycles. The Hall–Kier alpha value is -3.24. The minimum absolute atomic E-state index is 0.331. The molecule has 0 heterocycles. The molecular weight excluding hydrogens is 508 g/mol. The predicted molar refractivity (Wildman–Crippen MR) is 172 cm³/mol. The van der Waals surface area contributed by atoms with E-state index in [4.69, 9.17) is 14.2 Å². The SMILES string of the molecule is COc1cc(C)c([Si](C2=C(C)C(C)=C(C)C2C)(c2cc(C)c(OC)cc2C)c2cc(C)c(OC)cc2C)cc1C. The van der Waals surface area contributed by atoms with Gasteiger partial charge >= 0.3 is 0 Å². The number of rotatable bonds is 7. The summed E-state index contributed by atoms with van der Waals surface area (Å²) in [6.45, 7) is 22.7. The summed E-state index contributed by atoms with van der Waals surface area (Å²) in [5.74, 6) is 3.14. The zero-order chi connectivity index (χ0) is 29.7. The van der Waals surface area contributed by atoms with Gasteiger partial charge in [0.05, 0.1) is 21.3 Å². The normalized spacial score (nSPS) is 15.7. The summed E-state index contributed by atoms with van der Waals surface area (Å²) in [6, 6.07) is 14.0. The minimum atomic E-state index is -2.86. The first-order chi connectivity index (χ1) is 18.8. The lowest BCUT2D eigenvalue weighted by Gasteiger charge is -2.42. The molecule has 0 saturated carbocycles. The maximum absolute atomic E-state index is 5.82. The average molecular weight is 555 g/mol. The van der Waals surface area contributed by atoms with Crippen LogP contribution in [0.5, 0.6) is 17.2 Å². The predicted octanol–water partition coefficient (Wildman–Crippen LogP) is 6.87. The highest BCUT2D eigenvalue weighted by atomic mass is 28.3. The number of allylic oxidation sites excluding steroid dienone is 4. The summed E-state index contributed by atoms with van der Waals surface area (Å²) < 4.78 is 17.4. The van der Waals surface area contributed by atoms with Gasteiger partial charge in [-0.25, -0.2) is 0 Å². The summed E-state index contributed by atoms with van der Waals surface area (Å²) in [6.07, 6.45) is 0. The van der Waals surface area contributed by atoms with E-state index in [1.807, 2.05) is 0 Å². The highest BCUT2D eigenvalue weighted by Gasteiger charge is 2.50. The van der Waals surface area contributed by atoms with Crippen molar-refractivity contribution in [3.05, 3.63) is 91.7 Å². The number of hydrogen-bond acceptors (Lipinski definition) is 3. The lowest BCUT2D eigenvalue weighted by molar-refractivity contribution is 0.411. The summed E-state index contributed by atoms with van der Waals surface area (Å²) in [7, 11) is 2.43. The third kappa shape index (κ3) is 4.41. The third-order valence-corrected chi connectivity index (χ3v) is 15.1. The van der Waals surface area contributed by atoms with Crippen LogP contribution in [-0.4, -0.2) is 29.4 Å². The number of methoxy groups -OCH3 is 3. The van der Waals surface area contributed by atoms with Crippen molar-refractivity contribution in [3.63, 3.8) is 0 Å². The largest absolute Gasteiger partial charge is 0.496 e. The van der Waals surface area contributed by atoms with Gasteiger partial charge in [-0.15, -0.1) is 0 Å². The Balaban J connectivity index is 2.35. The smallest absolute Gasteiger partial charge is 0.177 e. The van der Waals surface area contributed by atoms with E-state index < -0.39 is 8.07 Å². The van der Waals surface area contributed by atoms with Crippen LogP contribution in [0.3, 0.4) is 0 Å². The molecule has 3 nitrogen and oxygen atoms in total. The Kier molecular flexibility index (Phi) is 8.15. The van der Waals surface area contributed by atoms with Crippen molar-refractivity contribution in [1.29, 1.82) is 0 Å². The number of ether oxygens (including phenoxy) is 3. The Morgan fingerprint density at radius 3 is 1.05 bits per heavy atom. The fourth-order valence-electron chi connectivity index (χ4n) is 7.08. The summed E-state index contributed by atoms with van der Waals surface area (Å²) in [5.41, 5.74) is 11.6. The van der Waals surface area contributed by atoms with Gasteiger partial charge in [-0.05, 0) is 141 Å². The van der Waals surface area contributed by atoms with Crippen LogP contribution >= 0.6 is 0 Å². The van der Waals surface area contributed by atoms with Gasteiger partial charge in [0.2, 0.25) is 0 Å². The van der Waals surface area contributed by atoms with Crippen molar-refractivity contribution in [2.24, 2.45) is 5.92 Å². The number of benzene rings is 3. The molecule has 0 spiro atoms. The fourth-order valence-corrected chi connectivity index (χ4v) is 13.7. The molecule has 0 aliphatic heterocycles. The minimum Gasteiger partial charge on any atom is -0.496 e. The number of aryl methyl sites for hydroxylation is 6. The molecule has 212 valence electrons. The second kappa shape index (κ2) is 11.0. The fraction of sp³-hybridized carbons (Fsp3) is 0.389. The van der Waals surface area contributed by atoms with E-state index >= 15 is 0 Å². The molecule has 40 heavy (non-hydrogen) atoms. The number of hydrogen-bond donors (Lipinski definition) is 0. The van der Waals surface area contributed by atoms with E-state index in [1.54, 1.807) is 26.5 Å². The van der Waals surface area contributed by atoms with Gasteiger partial charge in [0.25, 0.3) is 0 Å². The van der Waals surface area contributed by atoms with E-state index in [9.17, 15) is 0 Å². The molecule has 0 amide bonds. The molecule has 0 fully saturated rings. The Bertz CT molecular complexity index is 1410. The molecule has 0 bridgehead atoms. The first-order valence-corrected chi connectivity index (χ1v) is 16.2. The lowest BCUT2D eigenvalue weighted by atomic mass is 10.1. The van der Waals surface area contributed by atoms with E-state index in [0.717, 1.165) is 33.9 Å². The van der Waals surface area contributed by atoms with Crippen LogP contribution in [0.15, 0.2) is 58.3 Å². The monoisotopic (exact) mass is 554 g/mol. The van der Waals surface area contributed by atoms with E-state index in [2.05, 4.69) is 106 Å². The van der Waals surface area contributed by atoms with Crippen LogP contribution < -0.4 is 29.8 Å². The zero-order valence-electron chi connectivity index (χ0n) is 26.8. The molecule has 1 unspecified atom stereocenters. The van der Waals surface area contributed by atoms with Gasteiger partial charge in [0.1, 0.15) is 17.2 Å². The Morgan fingerprint density at radius 2 is 0.800 bits per heavy atom. The van der Waals surface area contributed by atoms with E-state index in [0.29, 0.717) is 5.92 Å². The first kappa shape index (κ1) is 29.7. The molecule has 1 aliphatic rings. The molecule has 0 N–H and O–H groups in total. The zero-order valence-corrected chi connectivity index (χ0v) is 27.8. The maximum Gasteiger partial charge on any atom is 0.177 e. The molecular formula is C36H46O3Si. The van der Waals surface area contributed by atoms with Crippen LogP contribution in [0.2, 0.25) is 0 Å². The van der Waals surface area contributed by atoms with Crippen LogP contribution in [0.4, 0.5) is 0 Å². The molecule has 1 atom stereocenters. The van der Waals surface area contributed by atoms with Crippen molar-refractivity contribution >= 4 is 23.6 Å². The van der Waals surface area contributed by atoms with E-state index in [1.165, 1.54) is 49.0 Å². The van der Waals surface area contributed by atoms with Crippen molar-refractivity contribution in [1.82, 2.24) is 0 Å². The Labute approximate surface area is 242 Å².